The maximum Gasteiger partial charge on any atom is 0.272 e. The van der Waals surface area contributed by atoms with Gasteiger partial charge in [-0.05, 0) is 66.8 Å². The second kappa shape index (κ2) is 16.1. The van der Waals surface area contributed by atoms with Gasteiger partial charge in [-0.2, -0.15) is 12.7 Å². The van der Waals surface area contributed by atoms with Crippen LogP contribution in [0.2, 0.25) is 36.3 Å². The van der Waals surface area contributed by atoms with Crippen LogP contribution in [0.5, 0.6) is 0 Å². The molecule has 45 heavy (non-hydrogen) atoms. The van der Waals surface area contributed by atoms with Crippen molar-refractivity contribution in [3.63, 3.8) is 0 Å². The first-order valence-electron chi connectivity index (χ1n) is 15.8. The van der Waals surface area contributed by atoms with Crippen molar-refractivity contribution < 1.29 is 38.7 Å². The van der Waals surface area contributed by atoms with Crippen LogP contribution in [0.15, 0.2) is 29.2 Å². The predicted octanol–water partition coefficient (Wildman–Crippen LogP) is 8.17. The normalized spacial score (nSPS) is 15.1. The predicted molar refractivity (Wildman–Crippen MR) is 184 cm³/mol. The van der Waals surface area contributed by atoms with Gasteiger partial charge in [-0.1, -0.05) is 73.4 Å². The lowest BCUT2D eigenvalue weighted by molar-refractivity contribution is -0.0515. The molecule has 1 aromatic carbocycles. The molecule has 1 atom stereocenters. The first-order chi connectivity index (χ1) is 20.2. The van der Waals surface area contributed by atoms with Crippen LogP contribution in [-0.4, -0.2) is 75.8 Å². The van der Waals surface area contributed by atoms with E-state index < -0.39 is 61.8 Å². The summed E-state index contributed by atoms with van der Waals surface area (Å²) in [6.45, 7) is 22.1. The highest BCUT2D eigenvalue weighted by molar-refractivity contribution is 7.89. The second-order valence-corrected chi connectivity index (χ2v) is 28.3. The van der Waals surface area contributed by atoms with E-state index in [-0.39, 0.29) is 34.5 Å². The van der Waals surface area contributed by atoms with Gasteiger partial charge >= 0.3 is 0 Å². The number of nitrogens with zero attached hydrogens (tertiary/aromatic N) is 1. The van der Waals surface area contributed by atoms with Crippen molar-refractivity contribution in [3.8, 4) is 0 Å². The lowest BCUT2D eigenvalue weighted by atomic mass is 10.1. The number of benzene rings is 1. The van der Waals surface area contributed by atoms with Crippen LogP contribution in [0.3, 0.4) is 0 Å². The van der Waals surface area contributed by atoms with E-state index in [1.807, 2.05) is 20.0 Å². The number of sulfonamides is 1. The number of hydrogen-bond acceptors (Lipinski definition) is 7. The average Bonchev–Trinajstić information content (AvgIpc) is 2.88. The Balaban J connectivity index is 3.44. The molecular formula is C31H59F2NO7S2Si2. The fraction of sp³-hybridized carbons (Fsp3) is 0.806. The maximum absolute atomic E-state index is 14.8. The summed E-state index contributed by atoms with van der Waals surface area (Å²) in [5.41, 5.74) is 0.847. The van der Waals surface area contributed by atoms with Crippen molar-refractivity contribution in [2.24, 2.45) is 0 Å². The molecule has 0 bridgehead atoms. The van der Waals surface area contributed by atoms with E-state index in [0.29, 0.717) is 19.3 Å². The van der Waals surface area contributed by atoms with Crippen LogP contribution in [-0.2, 0) is 39.8 Å². The molecule has 0 aliphatic heterocycles. The summed E-state index contributed by atoms with van der Waals surface area (Å²) in [6.07, 6.45) is 1.88. The second-order valence-electron chi connectivity index (χ2n) is 15.1. The Morgan fingerprint density at radius 1 is 0.844 bits per heavy atom. The molecule has 0 saturated heterocycles. The first kappa shape index (κ1) is 42.3. The van der Waals surface area contributed by atoms with E-state index in [1.54, 1.807) is 24.3 Å². The molecule has 0 aromatic heterocycles. The minimum absolute atomic E-state index is 0.0322. The van der Waals surface area contributed by atoms with E-state index in [2.05, 4.69) is 58.8 Å². The summed E-state index contributed by atoms with van der Waals surface area (Å²) in [5.74, 6) is -3.48. The van der Waals surface area contributed by atoms with Crippen LogP contribution in [0.4, 0.5) is 8.78 Å². The van der Waals surface area contributed by atoms with Gasteiger partial charge in [0.05, 0.1) is 24.4 Å². The maximum atomic E-state index is 14.8. The lowest BCUT2D eigenvalue weighted by Crippen LogP contribution is -2.49. The van der Waals surface area contributed by atoms with Crippen LogP contribution in [0.25, 0.3) is 0 Å². The Labute approximate surface area is 275 Å². The Hall–Kier alpha value is -0.746. The van der Waals surface area contributed by atoms with Gasteiger partial charge in [0.25, 0.3) is 16.0 Å². The van der Waals surface area contributed by atoms with Gasteiger partial charge in [0.2, 0.25) is 10.0 Å². The smallest absolute Gasteiger partial charge is 0.272 e. The van der Waals surface area contributed by atoms with E-state index in [1.165, 1.54) is 4.31 Å². The molecule has 1 aromatic rings. The summed E-state index contributed by atoms with van der Waals surface area (Å²) < 4.78 is 99.2. The molecule has 264 valence electrons. The van der Waals surface area contributed by atoms with Gasteiger partial charge in [-0.25, -0.2) is 17.2 Å². The van der Waals surface area contributed by atoms with Gasteiger partial charge in [0.15, 0.2) is 16.6 Å². The third-order valence-corrected chi connectivity index (χ3v) is 20.6. The number of unbranched alkanes of at least 4 members (excludes halogenated alkanes) is 2. The molecule has 0 amide bonds. The van der Waals surface area contributed by atoms with Crippen molar-refractivity contribution in [1.82, 2.24) is 4.31 Å². The van der Waals surface area contributed by atoms with E-state index in [4.69, 9.17) is 8.85 Å². The molecule has 8 nitrogen and oxygen atoms in total. The summed E-state index contributed by atoms with van der Waals surface area (Å²) >= 11 is 0. The van der Waals surface area contributed by atoms with Crippen molar-refractivity contribution >= 4 is 36.8 Å². The van der Waals surface area contributed by atoms with Crippen LogP contribution in [0, 0.1) is 0 Å². The van der Waals surface area contributed by atoms with Crippen LogP contribution < -0.4 is 0 Å². The Morgan fingerprint density at radius 3 is 1.82 bits per heavy atom. The van der Waals surface area contributed by atoms with Crippen molar-refractivity contribution in [2.75, 3.05) is 26.0 Å². The largest absolute Gasteiger partial charge is 0.415 e. The van der Waals surface area contributed by atoms with Crippen molar-refractivity contribution in [3.05, 3.63) is 29.8 Å². The highest BCUT2D eigenvalue weighted by Gasteiger charge is 2.41. The van der Waals surface area contributed by atoms with Gasteiger partial charge in [-0.15, -0.1) is 0 Å². The van der Waals surface area contributed by atoms with Gasteiger partial charge < -0.3 is 8.85 Å². The van der Waals surface area contributed by atoms with Crippen LogP contribution in [0.1, 0.15) is 86.1 Å². The zero-order valence-electron chi connectivity index (χ0n) is 29.6. The highest BCUT2D eigenvalue weighted by atomic mass is 32.2. The highest BCUT2D eigenvalue weighted by Crippen LogP contribution is 2.38. The number of halogens is 2. The number of hydrogen-bond donors (Lipinski definition) is 0. The zero-order chi connectivity index (χ0) is 35.1. The summed E-state index contributed by atoms with van der Waals surface area (Å²) in [6, 6.07) is 5.68. The van der Waals surface area contributed by atoms with Crippen molar-refractivity contribution in [2.45, 2.75) is 140 Å². The molecule has 0 fully saturated rings. The number of alkyl halides is 2. The SMILES string of the molecule is CCCCCN(C(CCC(F)(F)COS(C)(=O)=O)CO[Si](C)(C)C(C)(C)C)S(=O)(=O)c1ccc(CO[Si](C)(C)C(C)(C)C)cc1. The third-order valence-electron chi connectivity index (χ3n) is 9.10. The van der Waals surface area contributed by atoms with E-state index in [0.717, 1.165) is 18.4 Å². The minimum Gasteiger partial charge on any atom is -0.415 e. The molecule has 1 unspecified atom stereocenters. The summed E-state index contributed by atoms with van der Waals surface area (Å²) in [5, 5.41) is -0.149. The molecule has 0 heterocycles. The molecule has 0 saturated carbocycles. The Kier molecular flexibility index (Phi) is 15.1. The van der Waals surface area contributed by atoms with E-state index >= 15 is 0 Å². The molecule has 0 N–H and O–H groups in total. The van der Waals surface area contributed by atoms with Crippen LogP contribution >= 0.6 is 0 Å². The summed E-state index contributed by atoms with van der Waals surface area (Å²) in [7, 11) is -12.6. The topological polar surface area (TPSA) is 99.2 Å². The quantitative estimate of drug-likeness (QED) is 0.0810. The molecule has 0 spiro atoms. The fourth-order valence-electron chi connectivity index (χ4n) is 3.86. The summed E-state index contributed by atoms with van der Waals surface area (Å²) in [4.78, 5) is 0.0690. The van der Waals surface area contributed by atoms with Gasteiger partial charge in [0.1, 0.15) is 6.61 Å². The number of rotatable bonds is 19. The van der Waals surface area contributed by atoms with Gasteiger partial charge in [0, 0.05) is 19.0 Å². The monoisotopic (exact) mass is 715 g/mol. The van der Waals surface area contributed by atoms with Crippen molar-refractivity contribution in [1.29, 1.82) is 0 Å². The molecule has 0 aliphatic rings. The minimum atomic E-state index is -4.11. The fourth-order valence-corrected chi connectivity index (χ4v) is 7.93. The Bertz CT molecular complexity index is 1280. The molecule has 0 aliphatic carbocycles. The first-order valence-corrected chi connectivity index (χ1v) is 24.8. The zero-order valence-corrected chi connectivity index (χ0v) is 33.3. The lowest BCUT2D eigenvalue weighted by Gasteiger charge is -2.39. The standard InChI is InChI=1S/C31H59F2NO7S2Si2/c1-13-14-15-22-34(43(37,38)28-18-16-26(17-19-28)23-40-44(9,10)29(2,3)4)27(24-41-45(11,12)30(5,6)7)20-21-31(32,33)25-39-42(8,35)36/h16-19,27H,13-15,20-25H2,1-12H3. The van der Waals surface area contributed by atoms with E-state index in [9.17, 15) is 25.6 Å². The molecule has 0 radical (unpaired) electrons. The molecule has 1 rings (SSSR count). The Morgan fingerprint density at radius 2 is 1.36 bits per heavy atom. The molecular weight excluding hydrogens is 657 g/mol. The molecule has 14 heteroatoms. The third kappa shape index (κ3) is 13.7. The van der Waals surface area contributed by atoms with Gasteiger partial charge in [-0.3, -0.25) is 4.18 Å². The average molecular weight is 716 g/mol.